The van der Waals surface area contributed by atoms with Crippen molar-refractivity contribution in [2.45, 2.75) is 37.6 Å². The van der Waals surface area contributed by atoms with E-state index in [-0.39, 0.29) is 5.02 Å². The Kier molecular flexibility index (Phi) is 3.08. The Morgan fingerprint density at radius 3 is 2.44 bits per heavy atom. The molecule has 0 radical (unpaired) electrons. The maximum Gasteiger partial charge on any atom is 0.183 e. The van der Waals surface area contributed by atoms with E-state index < -0.39 is 17.1 Å². The van der Waals surface area contributed by atoms with Crippen molar-refractivity contribution in [1.82, 2.24) is 0 Å². The molecule has 1 aromatic carbocycles. The molecule has 0 saturated heterocycles. The Hall–Kier alpha value is -0.800. The van der Waals surface area contributed by atoms with Crippen LogP contribution in [0.4, 0.5) is 4.39 Å². The fourth-order valence-corrected chi connectivity index (χ4v) is 2.55. The third kappa shape index (κ3) is 2.02. The number of phenolic OH excluding ortho intramolecular Hbond substituents is 1. The summed E-state index contributed by atoms with van der Waals surface area (Å²) >= 11 is 5.71. The average molecular weight is 244 g/mol. The minimum Gasteiger partial charge on any atom is -0.505 e. The van der Waals surface area contributed by atoms with E-state index in [0.717, 1.165) is 31.2 Å². The van der Waals surface area contributed by atoms with Gasteiger partial charge in [0.15, 0.2) is 11.6 Å². The molecule has 0 aromatic heterocycles. The van der Waals surface area contributed by atoms with Crippen molar-refractivity contribution in [1.29, 1.82) is 0 Å². The summed E-state index contributed by atoms with van der Waals surface area (Å²) in [5.41, 5.74) is 6.54. The lowest BCUT2D eigenvalue weighted by molar-refractivity contribution is 0.300. The Labute approximate surface area is 99.2 Å². The van der Waals surface area contributed by atoms with Crippen LogP contribution in [-0.2, 0) is 5.54 Å². The Morgan fingerprint density at radius 2 is 1.88 bits per heavy atom. The normalized spacial score (nSPS) is 19.7. The van der Waals surface area contributed by atoms with Crippen LogP contribution in [0.15, 0.2) is 12.1 Å². The van der Waals surface area contributed by atoms with Crippen molar-refractivity contribution >= 4 is 11.6 Å². The number of rotatable bonds is 1. The van der Waals surface area contributed by atoms with E-state index in [9.17, 15) is 9.50 Å². The summed E-state index contributed by atoms with van der Waals surface area (Å²) in [7, 11) is 0. The SMILES string of the molecule is NC1(c2cc(O)c(F)c(Cl)c2)CCCCC1. The van der Waals surface area contributed by atoms with Crippen LogP contribution in [0.5, 0.6) is 5.75 Å². The first-order chi connectivity index (χ1) is 7.53. The lowest BCUT2D eigenvalue weighted by Crippen LogP contribution is -2.38. The van der Waals surface area contributed by atoms with Gasteiger partial charge in [0.1, 0.15) is 0 Å². The van der Waals surface area contributed by atoms with Gasteiger partial charge in [0.2, 0.25) is 0 Å². The molecule has 0 aliphatic heterocycles. The summed E-state index contributed by atoms with van der Waals surface area (Å²) in [6.07, 6.45) is 5.02. The second kappa shape index (κ2) is 4.22. The Balaban J connectivity index is 2.39. The van der Waals surface area contributed by atoms with E-state index in [4.69, 9.17) is 17.3 Å². The van der Waals surface area contributed by atoms with E-state index in [2.05, 4.69) is 0 Å². The predicted octanol–water partition coefficient (Wildman–Crippen LogP) is 3.30. The molecule has 1 aromatic rings. The molecular weight excluding hydrogens is 229 g/mol. The average Bonchev–Trinajstić information content (AvgIpc) is 2.26. The van der Waals surface area contributed by atoms with Crippen molar-refractivity contribution in [3.63, 3.8) is 0 Å². The van der Waals surface area contributed by atoms with Crippen LogP contribution in [-0.4, -0.2) is 5.11 Å². The van der Waals surface area contributed by atoms with Crippen molar-refractivity contribution in [2.24, 2.45) is 5.73 Å². The van der Waals surface area contributed by atoms with Crippen LogP contribution in [0.1, 0.15) is 37.7 Å². The highest BCUT2D eigenvalue weighted by atomic mass is 35.5. The Morgan fingerprint density at radius 1 is 1.25 bits per heavy atom. The number of halogens is 2. The zero-order valence-electron chi connectivity index (χ0n) is 8.97. The number of hydrogen-bond donors (Lipinski definition) is 2. The fourth-order valence-electron chi connectivity index (χ4n) is 2.33. The number of hydrogen-bond acceptors (Lipinski definition) is 2. The first-order valence-corrected chi connectivity index (χ1v) is 5.88. The third-order valence-electron chi connectivity index (χ3n) is 3.33. The molecule has 1 saturated carbocycles. The minimum atomic E-state index is -0.773. The van der Waals surface area contributed by atoms with Gasteiger partial charge in [-0.1, -0.05) is 30.9 Å². The van der Waals surface area contributed by atoms with Gasteiger partial charge in [-0.05, 0) is 30.5 Å². The standard InChI is InChI=1S/C12H15ClFNO/c13-9-6-8(7-10(16)11(9)14)12(15)4-2-1-3-5-12/h6-7,16H,1-5,15H2. The molecular formula is C12H15ClFNO. The molecule has 4 heteroatoms. The molecule has 3 N–H and O–H groups in total. The molecule has 88 valence electrons. The van der Waals surface area contributed by atoms with Gasteiger partial charge < -0.3 is 10.8 Å². The van der Waals surface area contributed by atoms with Gasteiger partial charge in [0, 0.05) is 5.54 Å². The zero-order chi connectivity index (χ0) is 11.8. The number of aromatic hydroxyl groups is 1. The van der Waals surface area contributed by atoms with Gasteiger partial charge in [-0.2, -0.15) is 0 Å². The van der Waals surface area contributed by atoms with Gasteiger partial charge in [-0.3, -0.25) is 0 Å². The highest BCUT2D eigenvalue weighted by molar-refractivity contribution is 6.31. The van der Waals surface area contributed by atoms with Crippen LogP contribution in [0.25, 0.3) is 0 Å². The molecule has 1 aliphatic carbocycles. The lowest BCUT2D eigenvalue weighted by atomic mass is 9.77. The van der Waals surface area contributed by atoms with Crippen molar-refractivity contribution in [2.75, 3.05) is 0 Å². The van der Waals surface area contributed by atoms with E-state index in [1.807, 2.05) is 0 Å². The quantitative estimate of drug-likeness (QED) is 0.795. The Bertz CT molecular complexity index is 379. The minimum absolute atomic E-state index is 0.0644. The van der Waals surface area contributed by atoms with E-state index in [0.29, 0.717) is 0 Å². The number of phenols is 1. The van der Waals surface area contributed by atoms with Crippen molar-refractivity contribution < 1.29 is 9.50 Å². The second-order valence-corrected chi connectivity index (χ2v) is 4.92. The molecule has 0 heterocycles. The highest BCUT2D eigenvalue weighted by Gasteiger charge is 2.30. The van der Waals surface area contributed by atoms with Crippen molar-refractivity contribution in [3.8, 4) is 5.75 Å². The fraction of sp³-hybridized carbons (Fsp3) is 0.500. The monoisotopic (exact) mass is 243 g/mol. The van der Waals surface area contributed by atoms with Gasteiger partial charge in [-0.15, -0.1) is 0 Å². The summed E-state index contributed by atoms with van der Waals surface area (Å²) in [5, 5.41) is 9.35. The second-order valence-electron chi connectivity index (χ2n) is 4.51. The lowest BCUT2D eigenvalue weighted by Gasteiger charge is -2.34. The van der Waals surface area contributed by atoms with E-state index >= 15 is 0 Å². The smallest absolute Gasteiger partial charge is 0.183 e. The van der Waals surface area contributed by atoms with Crippen molar-refractivity contribution in [3.05, 3.63) is 28.5 Å². The topological polar surface area (TPSA) is 46.2 Å². The molecule has 2 nitrogen and oxygen atoms in total. The zero-order valence-corrected chi connectivity index (χ0v) is 9.73. The molecule has 0 spiro atoms. The van der Waals surface area contributed by atoms with Crippen LogP contribution < -0.4 is 5.73 Å². The van der Waals surface area contributed by atoms with Gasteiger partial charge in [-0.25, -0.2) is 4.39 Å². The first-order valence-electron chi connectivity index (χ1n) is 5.50. The van der Waals surface area contributed by atoms with Crippen LogP contribution in [0.2, 0.25) is 5.02 Å². The third-order valence-corrected chi connectivity index (χ3v) is 3.60. The molecule has 2 rings (SSSR count). The van der Waals surface area contributed by atoms with Crippen LogP contribution in [0.3, 0.4) is 0 Å². The van der Waals surface area contributed by atoms with Crippen LogP contribution >= 0.6 is 11.6 Å². The molecule has 0 unspecified atom stereocenters. The van der Waals surface area contributed by atoms with E-state index in [1.165, 1.54) is 18.6 Å². The molecule has 0 amide bonds. The van der Waals surface area contributed by atoms with Gasteiger partial charge in [0.05, 0.1) is 5.02 Å². The van der Waals surface area contributed by atoms with Gasteiger partial charge >= 0.3 is 0 Å². The molecule has 1 fully saturated rings. The molecule has 0 atom stereocenters. The largest absolute Gasteiger partial charge is 0.505 e. The molecule has 0 bridgehead atoms. The number of benzene rings is 1. The predicted molar refractivity (Wildman–Crippen MR) is 62.0 cm³/mol. The summed E-state index contributed by atoms with van der Waals surface area (Å²) in [6.45, 7) is 0. The number of nitrogens with two attached hydrogens (primary N) is 1. The maximum absolute atomic E-state index is 13.2. The summed E-state index contributed by atoms with van der Waals surface area (Å²) in [6, 6.07) is 2.93. The van der Waals surface area contributed by atoms with Gasteiger partial charge in [0.25, 0.3) is 0 Å². The highest BCUT2D eigenvalue weighted by Crippen LogP contribution is 2.38. The first kappa shape index (κ1) is 11.7. The maximum atomic E-state index is 13.2. The van der Waals surface area contributed by atoms with Crippen LogP contribution in [0, 0.1) is 5.82 Å². The summed E-state index contributed by atoms with van der Waals surface area (Å²) < 4.78 is 13.2. The summed E-state index contributed by atoms with van der Waals surface area (Å²) in [4.78, 5) is 0. The molecule has 16 heavy (non-hydrogen) atoms. The van der Waals surface area contributed by atoms with E-state index in [1.54, 1.807) is 0 Å². The molecule has 1 aliphatic rings. The summed E-state index contributed by atoms with van der Waals surface area (Å²) in [5.74, 6) is -1.19.